The maximum Gasteiger partial charge on any atom is 0.243 e. The maximum atomic E-state index is 12.7. The fourth-order valence-corrected chi connectivity index (χ4v) is 4.83. The molecule has 21 heavy (non-hydrogen) atoms. The summed E-state index contributed by atoms with van der Waals surface area (Å²) in [5.74, 6) is 1.02. The van der Waals surface area contributed by atoms with Crippen LogP contribution in [0.15, 0.2) is 27.6 Å². The molecule has 0 N–H and O–H groups in total. The Hall–Kier alpha value is -0.590. The predicted molar refractivity (Wildman–Crippen MR) is 87.0 cm³/mol. The molecule has 0 spiro atoms. The molecule has 0 aromatic heterocycles. The van der Waals surface area contributed by atoms with Gasteiger partial charge in [0.1, 0.15) is 5.75 Å². The Labute approximate surface area is 135 Å². The molecule has 1 aliphatic rings. The van der Waals surface area contributed by atoms with Crippen molar-refractivity contribution in [3.63, 3.8) is 0 Å². The average molecular weight is 376 g/mol. The van der Waals surface area contributed by atoms with Crippen LogP contribution in [0.4, 0.5) is 0 Å². The van der Waals surface area contributed by atoms with Gasteiger partial charge in [-0.3, -0.25) is 0 Å². The van der Waals surface area contributed by atoms with Gasteiger partial charge in [0.25, 0.3) is 0 Å². The van der Waals surface area contributed by atoms with E-state index in [1.54, 1.807) is 29.6 Å². The van der Waals surface area contributed by atoms with Crippen LogP contribution in [-0.4, -0.2) is 32.9 Å². The summed E-state index contributed by atoms with van der Waals surface area (Å²) in [5, 5.41) is 0. The van der Waals surface area contributed by atoms with Crippen LogP contribution in [0.1, 0.15) is 27.2 Å². The highest BCUT2D eigenvalue weighted by atomic mass is 79.9. The van der Waals surface area contributed by atoms with Gasteiger partial charge in [-0.05, 0) is 51.9 Å². The summed E-state index contributed by atoms with van der Waals surface area (Å²) in [6.07, 6.45) is 0.917. The number of sulfonamides is 1. The highest BCUT2D eigenvalue weighted by Gasteiger charge is 2.37. The van der Waals surface area contributed by atoms with E-state index in [1.807, 2.05) is 0 Å². The van der Waals surface area contributed by atoms with Crippen LogP contribution >= 0.6 is 15.9 Å². The minimum atomic E-state index is -3.43. The van der Waals surface area contributed by atoms with Crippen LogP contribution in [-0.2, 0) is 10.0 Å². The van der Waals surface area contributed by atoms with Crippen LogP contribution in [0.5, 0.6) is 5.75 Å². The van der Waals surface area contributed by atoms with E-state index in [-0.39, 0.29) is 5.41 Å². The van der Waals surface area contributed by atoms with E-state index >= 15 is 0 Å². The van der Waals surface area contributed by atoms with Gasteiger partial charge in [-0.2, -0.15) is 4.31 Å². The Bertz CT molecular complexity index is 622. The van der Waals surface area contributed by atoms with Gasteiger partial charge in [-0.1, -0.05) is 20.8 Å². The van der Waals surface area contributed by atoms with Crippen molar-refractivity contribution in [1.29, 1.82) is 0 Å². The molecule has 0 radical (unpaired) electrons. The Morgan fingerprint density at radius 3 is 2.48 bits per heavy atom. The fourth-order valence-electron chi connectivity index (χ4n) is 2.61. The van der Waals surface area contributed by atoms with E-state index in [2.05, 4.69) is 36.7 Å². The Balaban J connectivity index is 2.25. The second kappa shape index (κ2) is 5.89. The normalized spacial score (nSPS) is 20.7. The van der Waals surface area contributed by atoms with Gasteiger partial charge >= 0.3 is 0 Å². The third-order valence-corrected chi connectivity index (χ3v) is 6.62. The van der Waals surface area contributed by atoms with E-state index < -0.39 is 10.0 Å². The van der Waals surface area contributed by atoms with Crippen molar-refractivity contribution in [2.75, 3.05) is 20.2 Å². The lowest BCUT2D eigenvalue weighted by molar-refractivity contribution is 0.252. The summed E-state index contributed by atoms with van der Waals surface area (Å²) >= 11 is 3.34. The molecule has 1 fully saturated rings. The molecule has 1 heterocycles. The van der Waals surface area contributed by atoms with Crippen LogP contribution < -0.4 is 4.74 Å². The maximum absolute atomic E-state index is 12.7. The van der Waals surface area contributed by atoms with Gasteiger partial charge in [0.15, 0.2) is 0 Å². The summed E-state index contributed by atoms with van der Waals surface area (Å²) < 4.78 is 32.8. The molecule has 2 rings (SSSR count). The first-order valence-corrected chi connectivity index (χ1v) is 9.23. The lowest BCUT2D eigenvalue weighted by Gasteiger charge is -2.26. The molecule has 0 saturated carbocycles. The highest BCUT2D eigenvalue weighted by Crippen LogP contribution is 2.36. The molecule has 6 heteroatoms. The summed E-state index contributed by atoms with van der Waals surface area (Å²) in [7, 11) is -1.87. The fraction of sp³-hybridized carbons (Fsp3) is 0.600. The lowest BCUT2D eigenvalue weighted by atomic mass is 9.80. The van der Waals surface area contributed by atoms with Gasteiger partial charge in [0.2, 0.25) is 10.0 Å². The summed E-state index contributed by atoms with van der Waals surface area (Å²) in [6.45, 7) is 7.68. The molecule has 1 atom stereocenters. The number of nitrogens with zero attached hydrogens (tertiary/aromatic N) is 1. The number of hydrogen-bond donors (Lipinski definition) is 0. The van der Waals surface area contributed by atoms with E-state index in [9.17, 15) is 8.42 Å². The molecule has 0 amide bonds. The topological polar surface area (TPSA) is 46.6 Å². The number of halogens is 1. The SMILES string of the molecule is COc1ccc(S(=O)(=O)N2CCC(C(C)(C)C)C2)cc1Br. The average Bonchev–Trinajstić information content (AvgIpc) is 2.88. The molecular weight excluding hydrogens is 354 g/mol. The number of hydrogen-bond acceptors (Lipinski definition) is 3. The molecule has 1 aromatic rings. The second-order valence-corrected chi connectivity index (χ2v) is 9.30. The molecule has 0 bridgehead atoms. The minimum Gasteiger partial charge on any atom is -0.496 e. The first-order chi connectivity index (χ1) is 9.66. The molecule has 4 nitrogen and oxygen atoms in total. The van der Waals surface area contributed by atoms with Gasteiger partial charge < -0.3 is 4.74 Å². The first kappa shape index (κ1) is 16.8. The molecule has 1 aliphatic heterocycles. The molecule has 1 aromatic carbocycles. The third kappa shape index (κ3) is 3.43. The molecular formula is C15H22BrNO3S. The van der Waals surface area contributed by atoms with Gasteiger partial charge in [-0.15, -0.1) is 0 Å². The number of rotatable bonds is 3. The van der Waals surface area contributed by atoms with E-state index in [1.165, 1.54) is 0 Å². The Morgan fingerprint density at radius 1 is 1.33 bits per heavy atom. The van der Waals surface area contributed by atoms with Gasteiger partial charge in [0.05, 0.1) is 16.5 Å². The van der Waals surface area contributed by atoms with E-state index in [0.717, 1.165) is 6.42 Å². The number of benzene rings is 1. The van der Waals surface area contributed by atoms with E-state index in [4.69, 9.17) is 4.74 Å². The van der Waals surface area contributed by atoms with Gasteiger partial charge in [0, 0.05) is 13.1 Å². The van der Waals surface area contributed by atoms with Crippen LogP contribution in [0.2, 0.25) is 0 Å². The van der Waals surface area contributed by atoms with Crippen LogP contribution in [0.3, 0.4) is 0 Å². The molecule has 0 aliphatic carbocycles. The van der Waals surface area contributed by atoms with Crippen molar-refractivity contribution in [3.8, 4) is 5.75 Å². The van der Waals surface area contributed by atoms with E-state index in [0.29, 0.717) is 34.1 Å². The smallest absolute Gasteiger partial charge is 0.243 e. The monoisotopic (exact) mass is 375 g/mol. The predicted octanol–water partition coefficient (Wildman–Crippen LogP) is 3.51. The number of methoxy groups -OCH3 is 1. The van der Waals surface area contributed by atoms with Crippen molar-refractivity contribution < 1.29 is 13.2 Å². The van der Waals surface area contributed by atoms with Crippen molar-refractivity contribution in [2.45, 2.75) is 32.1 Å². The molecule has 118 valence electrons. The minimum absolute atomic E-state index is 0.130. The first-order valence-electron chi connectivity index (χ1n) is 7.00. The summed E-state index contributed by atoms with van der Waals surface area (Å²) in [6, 6.07) is 4.89. The molecule has 1 saturated heterocycles. The van der Waals surface area contributed by atoms with Crippen molar-refractivity contribution in [3.05, 3.63) is 22.7 Å². The summed E-state index contributed by atoms with van der Waals surface area (Å²) in [5.41, 5.74) is 0.130. The van der Waals surface area contributed by atoms with Crippen LogP contribution in [0, 0.1) is 11.3 Å². The quantitative estimate of drug-likeness (QED) is 0.811. The highest BCUT2D eigenvalue weighted by molar-refractivity contribution is 9.10. The second-order valence-electron chi connectivity index (χ2n) is 6.51. The standard InChI is InChI=1S/C15H22BrNO3S/c1-15(2,3)11-7-8-17(10-11)21(18,19)12-5-6-14(20-4)13(16)9-12/h5-6,9,11H,7-8,10H2,1-4H3. The molecule has 1 unspecified atom stereocenters. The largest absolute Gasteiger partial charge is 0.496 e. The zero-order valence-electron chi connectivity index (χ0n) is 12.9. The zero-order valence-corrected chi connectivity index (χ0v) is 15.3. The third-order valence-electron chi connectivity index (χ3n) is 4.14. The number of ether oxygens (including phenoxy) is 1. The lowest BCUT2D eigenvalue weighted by Crippen LogP contribution is -2.31. The Kier molecular flexibility index (Phi) is 4.71. The van der Waals surface area contributed by atoms with Gasteiger partial charge in [-0.25, -0.2) is 8.42 Å². The summed E-state index contributed by atoms with van der Waals surface area (Å²) in [4.78, 5) is 0.310. The van der Waals surface area contributed by atoms with Crippen molar-refractivity contribution >= 4 is 26.0 Å². The van der Waals surface area contributed by atoms with Crippen molar-refractivity contribution in [2.24, 2.45) is 11.3 Å². The zero-order chi connectivity index (χ0) is 15.8. The van der Waals surface area contributed by atoms with Crippen molar-refractivity contribution in [1.82, 2.24) is 4.31 Å². The van der Waals surface area contributed by atoms with Crippen LogP contribution in [0.25, 0.3) is 0 Å². The Morgan fingerprint density at radius 2 is 2.00 bits per heavy atom.